The fourth-order valence-electron chi connectivity index (χ4n) is 2.44. The maximum Gasteiger partial charge on any atom is 0.310 e. The molecule has 2 rings (SSSR count). The van der Waals surface area contributed by atoms with Gasteiger partial charge in [0.05, 0.1) is 25.7 Å². The molecule has 0 aromatic rings. The fraction of sp³-hybridized carbons (Fsp3) is 0.909. The Hall–Kier alpha value is -0.650. The minimum Gasteiger partial charge on any atom is -0.466 e. The van der Waals surface area contributed by atoms with Gasteiger partial charge in [0.25, 0.3) is 0 Å². The van der Waals surface area contributed by atoms with Crippen LogP contribution in [0.5, 0.6) is 0 Å². The summed E-state index contributed by atoms with van der Waals surface area (Å²) in [5.74, 6) is -1.10. The number of carbonyl (C=O) groups excluding carboxylic acids is 1. The first-order valence-corrected chi connectivity index (χ1v) is 5.87. The zero-order valence-electron chi connectivity index (χ0n) is 9.61. The average Bonchev–Trinajstić information content (AvgIpc) is 2.71. The lowest BCUT2D eigenvalue weighted by Crippen LogP contribution is -2.49. The van der Waals surface area contributed by atoms with Crippen molar-refractivity contribution >= 4 is 5.97 Å². The molecule has 0 amide bonds. The van der Waals surface area contributed by atoms with Crippen LogP contribution in [0.4, 0.5) is 0 Å². The van der Waals surface area contributed by atoms with E-state index in [0.717, 1.165) is 12.8 Å². The number of nitrogens with two attached hydrogens (primary N) is 1. The van der Waals surface area contributed by atoms with Crippen LogP contribution in [-0.2, 0) is 19.0 Å². The number of carbonyl (C=O) groups is 1. The van der Waals surface area contributed by atoms with Gasteiger partial charge in [0.2, 0.25) is 0 Å². The second-order valence-corrected chi connectivity index (χ2v) is 4.37. The molecule has 1 aliphatic carbocycles. The molecule has 2 aliphatic rings. The normalized spacial score (nSPS) is 32.9. The third-order valence-corrected chi connectivity index (χ3v) is 3.31. The summed E-state index contributed by atoms with van der Waals surface area (Å²) in [6, 6.07) is -0.141. The summed E-state index contributed by atoms with van der Waals surface area (Å²) in [4.78, 5) is 11.7. The van der Waals surface area contributed by atoms with Crippen LogP contribution in [0.1, 0.15) is 26.2 Å². The van der Waals surface area contributed by atoms with E-state index in [2.05, 4.69) is 0 Å². The van der Waals surface area contributed by atoms with Crippen LogP contribution in [0.15, 0.2) is 0 Å². The molecule has 2 atom stereocenters. The molecule has 16 heavy (non-hydrogen) atoms. The minimum atomic E-state index is -0.576. The minimum absolute atomic E-state index is 0.141. The molecule has 1 heterocycles. The molecule has 1 spiro atoms. The van der Waals surface area contributed by atoms with Gasteiger partial charge in [-0.15, -0.1) is 0 Å². The Kier molecular flexibility index (Phi) is 3.47. The van der Waals surface area contributed by atoms with Crippen molar-refractivity contribution in [3.63, 3.8) is 0 Å². The van der Waals surface area contributed by atoms with E-state index in [0.29, 0.717) is 26.2 Å². The summed E-state index contributed by atoms with van der Waals surface area (Å²) in [7, 11) is 0. The van der Waals surface area contributed by atoms with Crippen molar-refractivity contribution in [2.75, 3.05) is 19.8 Å². The predicted molar refractivity (Wildman–Crippen MR) is 56.6 cm³/mol. The smallest absolute Gasteiger partial charge is 0.310 e. The number of ether oxygens (including phenoxy) is 3. The SMILES string of the molecule is CCOC(=O)[C@@H]1CC2(CCC1N)OCCO2. The van der Waals surface area contributed by atoms with Crippen molar-refractivity contribution in [3.8, 4) is 0 Å². The number of hydrogen-bond acceptors (Lipinski definition) is 5. The van der Waals surface area contributed by atoms with Crippen LogP contribution >= 0.6 is 0 Å². The zero-order chi connectivity index (χ0) is 11.6. The second kappa shape index (κ2) is 4.69. The number of rotatable bonds is 2. The van der Waals surface area contributed by atoms with Gasteiger partial charge in [0, 0.05) is 18.9 Å². The Bertz CT molecular complexity index is 263. The zero-order valence-corrected chi connectivity index (χ0v) is 9.61. The van der Waals surface area contributed by atoms with Crippen LogP contribution in [0.3, 0.4) is 0 Å². The first-order chi connectivity index (χ1) is 7.67. The molecular weight excluding hydrogens is 210 g/mol. The average molecular weight is 229 g/mol. The molecule has 0 bridgehead atoms. The van der Waals surface area contributed by atoms with Crippen molar-refractivity contribution < 1.29 is 19.0 Å². The van der Waals surface area contributed by atoms with Crippen molar-refractivity contribution in [1.82, 2.24) is 0 Å². The summed E-state index contributed by atoms with van der Waals surface area (Å²) in [5, 5.41) is 0. The monoisotopic (exact) mass is 229 g/mol. The van der Waals surface area contributed by atoms with Crippen molar-refractivity contribution in [2.45, 2.75) is 38.0 Å². The quantitative estimate of drug-likeness (QED) is 0.695. The first kappa shape index (κ1) is 11.8. The fourth-order valence-corrected chi connectivity index (χ4v) is 2.44. The van der Waals surface area contributed by atoms with E-state index in [1.54, 1.807) is 6.92 Å². The summed E-state index contributed by atoms with van der Waals surface area (Å²) in [6.07, 6.45) is 2.03. The van der Waals surface area contributed by atoms with Gasteiger partial charge in [0.15, 0.2) is 5.79 Å². The molecule has 5 nitrogen and oxygen atoms in total. The van der Waals surface area contributed by atoms with Crippen LogP contribution in [0.2, 0.25) is 0 Å². The van der Waals surface area contributed by atoms with Crippen LogP contribution < -0.4 is 5.73 Å². The Labute approximate surface area is 95.2 Å². The summed E-state index contributed by atoms with van der Waals surface area (Å²) < 4.78 is 16.2. The van der Waals surface area contributed by atoms with E-state index < -0.39 is 5.79 Å². The lowest BCUT2D eigenvalue weighted by molar-refractivity contribution is -0.197. The molecule has 2 fully saturated rings. The largest absolute Gasteiger partial charge is 0.466 e. The Morgan fingerprint density at radius 2 is 2.19 bits per heavy atom. The molecule has 92 valence electrons. The molecular formula is C11H19NO4. The second-order valence-electron chi connectivity index (χ2n) is 4.37. The molecule has 2 N–H and O–H groups in total. The highest BCUT2D eigenvalue weighted by molar-refractivity contribution is 5.73. The van der Waals surface area contributed by atoms with E-state index >= 15 is 0 Å². The van der Waals surface area contributed by atoms with Gasteiger partial charge in [-0.1, -0.05) is 0 Å². The molecule has 0 aromatic carbocycles. The van der Waals surface area contributed by atoms with E-state index in [1.165, 1.54) is 0 Å². The summed E-state index contributed by atoms with van der Waals surface area (Å²) in [6.45, 7) is 3.39. The van der Waals surface area contributed by atoms with Crippen LogP contribution in [0, 0.1) is 5.92 Å². The lowest BCUT2D eigenvalue weighted by atomic mass is 9.81. The molecule has 0 radical (unpaired) electrons. The molecule has 1 saturated carbocycles. The van der Waals surface area contributed by atoms with Gasteiger partial charge < -0.3 is 19.9 Å². The van der Waals surface area contributed by atoms with Gasteiger partial charge in [-0.3, -0.25) is 4.79 Å². The van der Waals surface area contributed by atoms with E-state index in [9.17, 15) is 4.79 Å². The Balaban J connectivity index is 2.02. The van der Waals surface area contributed by atoms with Gasteiger partial charge in [-0.25, -0.2) is 0 Å². The van der Waals surface area contributed by atoms with Gasteiger partial charge in [-0.05, 0) is 13.3 Å². The number of hydrogen-bond donors (Lipinski definition) is 1. The molecule has 1 unspecified atom stereocenters. The van der Waals surface area contributed by atoms with E-state index in [1.807, 2.05) is 0 Å². The summed E-state index contributed by atoms with van der Waals surface area (Å²) in [5.41, 5.74) is 5.95. The maximum atomic E-state index is 11.7. The van der Waals surface area contributed by atoms with Crippen LogP contribution in [-0.4, -0.2) is 37.6 Å². The first-order valence-electron chi connectivity index (χ1n) is 5.87. The molecule has 5 heteroatoms. The maximum absolute atomic E-state index is 11.7. The lowest BCUT2D eigenvalue weighted by Gasteiger charge is -2.38. The van der Waals surface area contributed by atoms with Gasteiger partial charge in [-0.2, -0.15) is 0 Å². The van der Waals surface area contributed by atoms with Crippen molar-refractivity contribution in [1.29, 1.82) is 0 Å². The third kappa shape index (κ3) is 2.21. The Morgan fingerprint density at radius 1 is 1.50 bits per heavy atom. The topological polar surface area (TPSA) is 70.8 Å². The van der Waals surface area contributed by atoms with Crippen molar-refractivity contribution in [3.05, 3.63) is 0 Å². The standard InChI is InChI=1S/C11H19NO4/c1-2-14-10(13)8-7-11(4-3-9(8)12)15-5-6-16-11/h8-9H,2-7,12H2,1H3/t8-,9?/m1/s1. The highest BCUT2D eigenvalue weighted by Crippen LogP contribution is 2.38. The summed E-state index contributed by atoms with van der Waals surface area (Å²) >= 11 is 0. The van der Waals surface area contributed by atoms with Gasteiger partial charge in [0.1, 0.15) is 0 Å². The van der Waals surface area contributed by atoms with E-state index in [4.69, 9.17) is 19.9 Å². The molecule has 1 aliphatic heterocycles. The van der Waals surface area contributed by atoms with Crippen molar-refractivity contribution in [2.24, 2.45) is 11.7 Å². The number of esters is 1. The van der Waals surface area contributed by atoms with E-state index in [-0.39, 0.29) is 17.9 Å². The van der Waals surface area contributed by atoms with Gasteiger partial charge >= 0.3 is 5.97 Å². The predicted octanol–water partition coefficient (Wildman–Crippen LogP) is 0.420. The highest BCUT2D eigenvalue weighted by Gasteiger charge is 2.47. The molecule has 0 aromatic heterocycles. The molecule has 1 saturated heterocycles. The third-order valence-electron chi connectivity index (χ3n) is 3.31. The Morgan fingerprint density at radius 3 is 2.81 bits per heavy atom. The van der Waals surface area contributed by atoms with Crippen LogP contribution in [0.25, 0.3) is 0 Å². The highest BCUT2D eigenvalue weighted by atomic mass is 16.7.